The summed E-state index contributed by atoms with van der Waals surface area (Å²) >= 11 is 7.11. The van der Waals surface area contributed by atoms with Gasteiger partial charge in [-0.25, -0.2) is 4.79 Å². The van der Waals surface area contributed by atoms with Gasteiger partial charge in [0, 0.05) is 17.1 Å². The van der Waals surface area contributed by atoms with Crippen LogP contribution in [0.3, 0.4) is 0 Å². The van der Waals surface area contributed by atoms with Crippen LogP contribution in [0.1, 0.15) is 51.7 Å². The van der Waals surface area contributed by atoms with Gasteiger partial charge < -0.3 is 15.4 Å². The second kappa shape index (κ2) is 9.62. The molecule has 2 N–H and O–H groups in total. The minimum atomic E-state index is -0.283. The average Bonchev–Trinajstić information content (AvgIpc) is 3.33. The molecular weight excluding hydrogens is 428 g/mol. The van der Waals surface area contributed by atoms with Crippen molar-refractivity contribution in [1.82, 2.24) is 9.78 Å². The van der Waals surface area contributed by atoms with Gasteiger partial charge in [0.2, 0.25) is 0 Å². The number of nitrogens with zero attached hydrogens (tertiary/aromatic N) is 2. The summed E-state index contributed by atoms with van der Waals surface area (Å²) in [6, 6.07) is 10.2. The molecule has 1 aliphatic rings. The first-order valence-corrected chi connectivity index (χ1v) is 11.7. The Bertz CT molecular complexity index is 1100. The Hall–Kier alpha value is -2.71. The lowest BCUT2D eigenvalue weighted by Crippen LogP contribution is -2.21. The number of rotatable bonds is 6. The summed E-state index contributed by atoms with van der Waals surface area (Å²) in [6.45, 7) is 4.96. The van der Waals surface area contributed by atoms with Crippen LogP contribution >= 0.6 is 23.6 Å². The minimum Gasteiger partial charge on any atom is -0.462 e. The Labute approximate surface area is 191 Å². The largest absolute Gasteiger partial charge is 0.462 e. The molecule has 0 amide bonds. The number of anilines is 2. The van der Waals surface area contributed by atoms with Crippen molar-refractivity contribution < 1.29 is 9.53 Å². The molecule has 0 unspecified atom stereocenters. The number of hydrogen-bond acceptors (Lipinski definition) is 5. The number of fused-ring (bicyclic) bond motifs is 1. The number of nitrogens with one attached hydrogen (secondary N) is 2. The molecule has 6 nitrogen and oxygen atoms in total. The summed E-state index contributed by atoms with van der Waals surface area (Å²) in [4.78, 5) is 13.9. The van der Waals surface area contributed by atoms with Crippen LogP contribution in [0, 0.1) is 6.92 Å². The topological polar surface area (TPSA) is 68.2 Å². The fraction of sp³-hybridized carbons (Fsp3) is 0.348. The van der Waals surface area contributed by atoms with Gasteiger partial charge in [-0.3, -0.25) is 4.68 Å². The van der Waals surface area contributed by atoms with E-state index in [1.165, 1.54) is 16.0 Å². The minimum absolute atomic E-state index is 0.283. The van der Waals surface area contributed by atoms with Gasteiger partial charge in [0.15, 0.2) is 10.9 Å². The Morgan fingerprint density at radius 2 is 2.03 bits per heavy atom. The third-order valence-corrected chi connectivity index (χ3v) is 6.77. The van der Waals surface area contributed by atoms with Crippen molar-refractivity contribution in [2.24, 2.45) is 0 Å². The van der Waals surface area contributed by atoms with Gasteiger partial charge in [-0.05, 0) is 68.4 Å². The maximum Gasteiger partial charge on any atom is 0.341 e. The highest BCUT2D eigenvalue weighted by molar-refractivity contribution is 7.80. The van der Waals surface area contributed by atoms with E-state index < -0.39 is 0 Å². The van der Waals surface area contributed by atoms with E-state index in [4.69, 9.17) is 17.0 Å². The standard InChI is InChI=1S/C23H26N4O2S2/c1-3-29-22(28)20-17-10-6-7-11-18(17)31-21(20)25-23(30)24-19-12-13-27(26-19)14-16-9-5-4-8-15(16)2/h4-5,8-9,12-13H,3,6-7,10-11,14H2,1-2H3,(H2,24,25,26,30). The number of carbonyl (C=O) groups excluding carboxylic acids is 1. The second-order valence-electron chi connectivity index (χ2n) is 7.54. The van der Waals surface area contributed by atoms with Crippen LogP contribution in [0.2, 0.25) is 0 Å². The zero-order chi connectivity index (χ0) is 21.8. The van der Waals surface area contributed by atoms with Gasteiger partial charge in [0.05, 0.1) is 18.7 Å². The molecule has 0 saturated heterocycles. The number of esters is 1. The number of thiophene rings is 1. The van der Waals surface area contributed by atoms with E-state index in [0.717, 1.165) is 36.2 Å². The maximum atomic E-state index is 12.6. The molecule has 31 heavy (non-hydrogen) atoms. The molecule has 0 saturated carbocycles. The first kappa shape index (κ1) is 21.5. The highest BCUT2D eigenvalue weighted by Gasteiger charge is 2.26. The van der Waals surface area contributed by atoms with Crippen molar-refractivity contribution in [3.05, 3.63) is 63.7 Å². The Balaban J connectivity index is 1.46. The van der Waals surface area contributed by atoms with E-state index in [1.807, 2.05) is 36.0 Å². The van der Waals surface area contributed by atoms with Crippen LogP contribution in [-0.4, -0.2) is 27.5 Å². The lowest BCUT2D eigenvalue weighted by Gasteiger charge is -2.12. The molecule has 2 heterocycles. The van der Waals surface area contributed by atoms with E-state index >= 15 is 0 Å². The molecule has 0 fully saturated rings. The van der Waals surface area contributed by atoms with Crippen molar-refractivity contribution in [1.29, 1.82) is 0 Å². The van der Waals surface area contributed by atoms with Gasteiger partial charge in [-0.15, -0.1) is 11.3 Å². The van der Waals surface area contributed by atoms with E-state index in [9.17, 15) is 4.79 Å². The number of hydrogen-bond donors (Lipinski definition) is 2. The molecule has 0 spiro atoms. The van der Waals surface area contributed by atoms with Crippen LogP contribution in [0.5, 0.6) is 0 Å². The van der Waals surface area contributed by atoms with Crippen LogP contribution < -0.4 is 10.6 Å². The molecule has 0 atom stereocenters. The van der Waals surface area contributed by atoms with Crippen molar-refractivity contribution in [3.63, 3.8) is 0 Å². The summed E-state index contributed by atoms with van der Waals surface area (Å²) in [5, 5.41) is 12.1. The fourth-order valence-electron chi connectivity index (χ4n) is 3.80. The third kappa shape index (κ3) is 4.97. The molecule has 162 valence electrons. The van der Waals surface area contributed by atoms with Crippen molar-refractivity contribution in [3.8, 4) is 0 Å². The number of carbonyl (C=O) groups is 1. The Kier molecular flexibility index (Phi) is 6.67. The van der Waals surface area contributed by atoms with E-state index in [0.29, 0.717) is 29.6 Å². The Morgan fingerprint density at radius 3 is 2.84 bits per heavy atom. The summed E-state index contributed by atoms with van der Waals surface area (Å²) in [7, 11) is 0. The number of ether oxygens (including phenoxy) is 1. The highest BCUT2D eigenvalue weighted by Crippen LogP contribution is 2.38. The number of aryl methyl sites for hydroxylation is 2. The van der Waals surface area contributed by atoms with E-state index in [-0.39, 0.29) is 5.97 Å². The van der Waals surface area contributed by atoms with Crippen molar-refractivity contribution in [2.45, 2.75) is 46.1 Å². The van der Waals surface area contributed by atoms with Crippen molar-refractivity contribution >= 4 is 45.5 Å². The molecule has 4 rings (SSSR count). The maximum absolute atomic E-state index is 12.6. The summed E-state index contributed by atoms with van der Waals surface area (Å²) in [5.41, 5.74) is 4.21. The molecule has 2 aromatic heterocycles. The zero-order valence-electron chi connectivity index (χ0n) is 17.7. The highest BCUT2D eigenvalue weighted by atomic mass is 32.1. The summed E-state index contributed by atoms with van der Waals surface area (Å²) in [5.74, 6) is 0.375. The fourth-order valence-corrected chi connectivity index (χ4v) is 5.36. The first-order valence-electron chi connectivity index (χ1n) is 10.5. The lowest BCUT2D eigenvalue weighted by atomic mass is 9.95. The Morgan fingerprint density at radius 1 is 1.23 bits per heavy atom. The van der Waals surface area contributed by atoms with Gasteiger partial charge in [-0.1, -0.05) is 24.3 Å². The van der Waals surface area contributed by atoms with Crippen LogP contribution in [0.15, 0.2) is 36.5 Å². The number of benzene rings is 1. The van der Waals surface area contributed by atoms with Gasteiger partial charge in [-0.2, -0.15) is 5.10 Å². The van der Waals surface area contributed by atoms with Crippen molar-refractivity contribution in [2.75, 3.05) is 17.2 Å². The van der Waals surface area contributed by atoms with E-state index in [2.05, 4.69) is 34.8 Å². The lowest BCUT2D eigenvalue weighted by molar-refractivity contribution is 0.0526. The van der Waals surface area contributed by atoms with Gasteiger partial charge in [0.1, 0.15) is 5.00 Å². The second-order valence-corrected chi connectivity index (χ2v) is 9.05. The molecule has 3 aromatic rings. The molecular formula is C23H26N4O2S2. The quantitative estimate of drug-likeness (QED) is 0.396. The molecule has 0 radical (unpaired) electrons. The number of aromatic nitrogens is 2. The monoisotopic (exact) mass is 454 g/mol. The summed E-state index contributed by atoms with van der Waals surface area (Å²) < 4.78 is 7.19. The third-order valence-electron chi connectivity index (χ3n) is 5.35. The molecule has 8 heteroatoms. The summed E-state index contributed by atoms with van der Waals surface area (Å²) in [6.07, 6.45) is 6.07. The van der Waals surface area contributed by atoms with Gasteiger partial charge >= 0.3 is 5.97 Å². The number of thiocarbonyl (C=S) groups is 1. The zero-order valence-corrected chi connectivity index (χ0v) is 19.4. The smallest absolute Gasteiger partial charge is 0.341 e. The predicted octanol–water partition coefficient (Wildman–Crippen LogP) is 5.17. The molecule has 1 aromatic carbocycles. The van der Waals surface area contributed by atoms with Crippen LogP contribution in [-0.2, 0) is 24.1 Å². The molecule has 0 aliphatic heterocycles. The SMILES string of the molecule is CCOC(=O)c1c(NC(=S)Nc2ccn(Cc3ccccc3C)n2)sc2c1CCCC2. The van der Waals surface area contributed by atoms with E-state index in [1.54, 1.807) is 11.3 Å². The van der Waals surface area contributed by atoms with Gasteiger partial charge in [0.25, 0.3) is 0 Å². The average molecular weight is 455 g/mol. The van der Waals surface area contributed by atoms with Crippen LogP contribution in [0.4, 0.5) is 10.8 Å². The predicted molar refractivity (Wildman–Crippen MR) is 129 cm³/mol. The first-order chi connectivity index (χ1) is 15.0. The molecule has 0 bridgehead atoms. The molecule has 1 aliphatic carbocycles. The van der Waals surface area contributed by atoms with Crippen LogP contribution in [0.25, 0.3) is 0 Å². The normalized spacial score (nSPS) is 12.8.